The molecule has 4 aromatic carbocycles. The average Bonchev–Trinajstić information content (AvgIpc) is 2.84. The van der Waals surface area contributed by atoms with Crippen molar-refractivity contribution in [2.24, 2.45) is 0 Å². The van der Waals surface area contributed by atoms with Crippen LogP contribution in [0.5, 0.6) is 0 Å². The lowest BCUT2D eigenvalue weighted by Crippen LogP contribution is -2.14. The van der Waals surface area contributed by atoms with Gasteiger partial charge in [0.05, 0.1) is 13.6 Å². The molecule has 0 aliphatic carbocycles. The molecule has 0 bridgehead atoms. The standard InChI is InChI=1S/C24H22O2P4/c25-29(21-13-5-1-6-14-21,22-15-7-2-8-16-22)27-28-30(26,23-17-9-3-10-18-23)24-19-11-4-12-20-24/h1-20,25-26H. The van der Waals surface area contributed by atoms with Crippen LogP contribution in [0.4, 0.5) is 0 Å². The van der Waals surface area contributed by atoms with Crippen molar-refractivity contribution >= 4 is 49.9 Å². The molecule has 0 radical (unpaired) electrons. The first-order chi connectivity index (χ1) is 14.6. The first kappa shape index (κ1) is 21.5. The van der Waals surface area contributed by atoms with Gasteiger partial charge in [-0.3, -0.25) is 0 Å². The highest BCUT2D eigenvalue weighted by atomic mass is 32.4. The molecule has 0 aliphatic heterocycles. The summed E-state index contributed by atoms with van der Waals surface area (Å²) in [7, 11) is 1.64. The molecule has 0 aromatic heterocycles. The highest BCUT2D eigenvalue weighted by Gasteiger charge is 2.23. The van der Waals surface area contributed by atoms with Gasteiger partial charge >= 0.3 is 0 Å². The van der Waals surface area contributed by atoms with Gasteiger partial charge in [-0.1, -0.05) is 121 Å². The fraction of sp³-hybridized carbons (Fsp3) is 0. The Morgan fingerprint density at radius 2 is 0.567 bits per heavy atom. The summed E-state index contributed by atoms with van der Waals surface area (Å²) in [6, 6.07) is 39.5. The van der Waals surface area contributed by atoms with Crippen molar-refractivity contribution in [1.29, 1.82) is 0 Å². The highest BCUT2D eigenvalue weighted by Crippen LogP contribution is 2.64. The monoisotopic (exact) mass is 466 g/mol. The van der Waals surface area contributed by atoms with E-state index in [0.717, 1.165) is 36.3 Å². The molecule has 2 N–H and O–H groups in total. The van der Waals surface area contributed by atoms with E-state index < -0.39 is 13.6 Å². The van der Waals surface area contributed by atoms with E-state index in [9.17, 15) is 9.79 Å². The molecule has 4 aromatic rings. The molecule has 4 rings (SSSR count). The normalized spacial score (nSPS) is 12.2. The van der Waals surface area contributed by atoms with Crippen LogP contribution in [0.2, 0.25) is 0 Å². The van der Waals surface area contributed by atoms with E-state index in [2.05, 4.69) is 0 Å². The Morgan fingerprint density at radius 3 is 0.767 bits per heavy atom. The number of rotatable bonds is 5. The minimum Gasteiger partial charge on any atom is -0.362 e. The lowest BCUT2D eigenvalue weighted by atomic mass is 10.4. The molecule has 2 nitrogen and oxygen atoms in total. The molecule has 0 amide bonds. The minimum atomic E-state index is -2.68. The van der Waals surface area contributed by atoms with Crippen molar-refractivity contribution in [3.8, 4) is 0 Å². The molecule has 0 aliphatic rings. The SMILES string of the molecule is OP(=PP=P(O)(c1ccccc1)c1ccccc1)(c1ccccc1)c1ccccc1. The van der Waals surface area contributed by atoms with Crippen molar-refractivity contribution in [2.75, 3.05) is 0 Å². The lowest BCUT2D eigenvalue weighted by molar-refractivity contribution is 0.641. The molecule has 30 heavy (non-hydrogen) atoms. The third kappa shape index (κ3) is 4.46. The Morgan fingerprint density at radius 1 is 0.367 bits per heavy atom. The summed E-state index contributed by atoms with van der Waals surface area (Å²) in [5.41, 5.74) is 0. The summed E-state index contributed by atoms with van der Waals surface area (Å²) in [6.07, 6.45) is 0. The molecule has 0 atom stereocenters. The lowest BCUT2D eigenvalue weighted by Gasteiger charge is -2.22. The minimum absolute atomic E-state index is 0.818. The zero-order chi connectivity index (χ0) is 20.9. The molecule has 0 saturated heterocycles. The van der Waals surface area contributed by atoms with Crippen LogP contribution in [-0.4, -0.2) is 9.79 Å². The summed E-state index contributed by atoms with van der Waals surface area (Å²) in [4.78, 5) is 24.0. The van der Waals surface area contributed by atoms with E-state index in [1.807, 2.05) is 121 Å². The van der Waals surface area contributed by atoms with Gasteiger partial charge in [-0.15, -0.1) is 0 Å². The van der Waals surface area contributed by atoms with Crippen molar-refractivity contribution in [1.82, 2.24) is 0 Å². The summed E-state index contributed by atoms with van der Waals surface area (Å²) in [5, 5.41) is 3.71. The second-order valence-corrected chi connectivity index (χ2v) is 19.3. The van der Waals surface area contributed by atoms with Crippen molar-refractivity contribution in [2.45, 2.75) is 0 Å². The van der Waals surface area contributed by atoms with Gasteiger partial charge < -0.3 is 9.79 Å². The maximum Gasteiger partial charge on any atom is 0.0892 e. The summed E-state index contributed by atoms with van der Waals surface area (Å²) < 4.78 is 0. The summed E-state index contributed by atoms with van der Waals surface area (Å²) in [5.74, 6) is 0. The van der Waals surface area contributed by atoms with E-state index in [0.29, 0.717) is 0 Å². The third-order valence-corrected chi connectivity index (χ3v) is 21.5. The van der Waals surface area contributed by atoms with E-state index in [4.69, 9.17) is 0 Å². The fourth-order valence-electron chi connectivity index (χ4n) is 3.16. The van der Waals surface area contributed by atoms with Crippen LogP contribution in [0.25, 0.3) is 0 Å². The quantitative estimate of drug-likeness (QED) is 0.367. The largest absolute Gasteiger partial charge is 0.362 e. The van der Waals surface area contributed by atoms with Crippen LogP contribution in [-0.2, 0) is 0 Å². The Kier molecular flexibility index (Phi) is 6.87. The average molecular weight is 466 g/mol. The van der Waals surface area contributed by atoms with Gasteiger partial charge in [-0.2, -0.15) is 0 Å². The maximum atomic E-state index is 12.0. The predicted molar refractivity (Wildman–Crippen MR) is 136 cm³/mol. The first-order valence-electron chi connectivity index (χ1n) is 9.54. The predicted octanol–water partition coefficient (Wildman–Crippen LogP) is 5.78. The van der Waals surface area contributed by atoms with Gasteiger partial charge in [0.2, 0.25) is 0 Å². The van der Waals surface area contributed by atoms with Gasteiger partial charge in [0, 0.05) is 21.2 Å². The molecule has 0 spiro atoms. The first-order valence-corrected chi connectivity index (χ1v) is 16.9. The Bertz CT molecular complexity index is 1020. The van der Waals surface area contributed by atoms with Crippen LogP contribution in [0, 0.1) is 0 Å². The topological polar surface area (TPSA) is 40.5 Å². The number of hydrogen-bond donors (Lipinski definition) is 2. The van der Waals surface area contributed by atoms with Gasteiger partial charge in [-0.05, 0) is 15.1 Å². The molecule has 6 heteroatoms. The zero-order valence-corrected chi connectivity index (χ0v) is 19.8. The van der Waals surface area contributed by atoms with Crippen LogP contribution in [0.1, 0.15) is 0 Å². The smallest absolute Gasteiger partial charge is 0.0892 e. The maximum absolute atomic E-state index is 12.0. The number of hydrogen-bond acceptors (Lipinski definition) is 0. The molecule has 0 saturated carbocycles. The van der Waals surface area contributed by atoms with Crippen molar-refractivity contribution in [3.63, 3.8) is 0 Å². The summed E-state index contributed by atoms with van der Waals surface area (Å²) >= 11 is 0. The fourth-order valence-corrected chi connectivity index (χ4v) is 22.3. The van der Waals surface area contributed by atoms with Gasteiger partial charge in [-0.25, -0.2) is 0 Å². The third-order valence-electron chi connectivity index (χ3n) is 4.76. The van der Waals surface area contributed by atoms with Crippen LogP contribution in [0.3, 0.4) is 0 Å². The van der Waals surface area contributed by atoms with Gasteiger partial charge in [0.1, 0.15) is 0 Å². The molecular weight excluding hydrogens is 444 g/mol. The Hall–Kier alpha value is -1.74. The number of benzene rings is 4. The zero-order valence-electron chi connectivity index (χ0n) is 16.2. The van der Waals surface area contributed by atoms with Gasteiger partial charge in [0.25, 0.3) is 0 Å². The van der Waals surface area contributed by atoms with Crippen LogP contribution in [0.15, 0.2) is 121 Å². The van der Waals surface area contributed by atoms with Crippen LogP contribution < -0.4 is 21.2 Å². The molecule has 0 heterocycles. The van der Waals surface area contributed by atoms with Crippen molar-refractivity contribution < 1.29 is 9.79 Å². The summed E-state index contributed by atoms with van der Waals surface area (Å²) in [6.45, 7) is -5.37. The van der Waals surface area contributed by atoms with E-state index >= 15 is 0 Å². The van der Waals surface area contributed by atoms with E-state index in [1.54, 1.807) is 0 Å². The van der Waals surface area contributed by atoms with Crippen molar-refractivity contribution in [3.05, 3.63) is 121 Å². The second-order valence-electron chi connectivity index (χ2n) is 6.72. The Labute approximate surface area is 180 Å². The highest BCUT2D eigenvalue weighted by molar-refractivity contribution is 8.46. The van der Waals surface area contributed by atoms with E-state index in [1.165, 1.54) is 0 Å². The van der Waals surface area contributed by atoms with Crippen LogP contribution >= 0.6 is 28.7 Å². The molecular formula is C24H22O2P4. The van der Waals surface area contributed by atoms with E-state index in [-0.39, 0.29) is 0 Å². The molecule has 150 valence electrons. The van der Waals surface area contributed by atoms with Gasteiger partial charge in [0.15, 0.2) is 0 Å². The molecule has 0 unspecified atom stereocenters. The second kappa shape index (κ2) is 9.60. The molecule has 0 fully saturated rings. The Balaban J connectivity index is 2.01.